The van der Waals surface area contributed by atoms with Gasteiger partial charge in [0.2, 0.25) is 21.8 Å². The van der Waals surface area contributed by atoms with Crippen molar-refractivity contribution in [3.8, 4) is 34.6 Å². The Hall–Kier alpha value is -4.64. The van der Waals surface area contributed by atoms with E-state index in [1.807, 2.05) is 20.8 Å². The van der Waals surface area contributed by atoms with Gasteiger partial charge in [0.1, 0.15) is 16.1 Å². The molecule has 3 aromatic heterocycles. The maximum absolute atomic E-state index is 13.6. The van der Waals surface area contributed by atoms with Crippen LogP contribution < -0.4 is 23.7 Å². The molecule has 5 aromatic rings. The fourth-order valence-electron chi connectivity index (χ4n) is 4.35. The fourth-order valence-corrected chi connectivity index (χ4v) is 7.48. The first-order valence-electron chi connectivity index (χ1n) is 14.7. The molecule has 0 fully saturated rings. The molecule has 16 heteroatoms. The van der Waals surface area contributed by atoms with E-state index >= 15 is 0 Å². The van der Waals surface area contributed by atoms with Crippen molar-refractivity contribution in [3.63, 3.8) is 0 Å². The molecule has 0 aliphatic rings. The number of aromatic nitrogens is 4. The molecule has 0 aliphatic heterocycles. The number of para-hydroxylation sites is 2. The quantitative estimate of drug-likeness (QED) is 0.137. The largest absolute Gasteiger partial charge is 0.493 e. The number of sulfonamides is 2. The third-order valence-corrected chi connectivity index (χ3v) is 11.0. The summed E-state index contributed by atoms with van der Waals surface area (Å²) < 4.78 is 74.6. The molecule has 0 aliphatic carbocycles. The second-order valence-electron chi connectivity index (χ2n) is 11.3. The lowest BCUT2D eigenvalue weighted by atomic mass is 9.87. The van der Waals surface area contributed by atoms with Gasteiger partial charge in [0, 0.05) is 18.8 Å². The Morgan fingerprint density at radius 2 is 1.60 bits per heavy atom. The molecule has 0 atom stereocenters. The van der Waals surface area contributed by atoms with Crippen LogP contribution in [-0.2, 0) is 25.5 Å². The van der Waals surface area contributed by atoms with Crippen molar-refractivity contribution in [1.82, 2.24) is 24.7 Å². The first-order valence-corrected chi connectivity index (χ1v) is 18.5. The predicted molar refractivity (Wildman–Crippen MR) is 182 cm³/mol. The summed E-state index contributed by atoms with van der Waals surface area (Å²) in [5.41, 5.74) is 0.856. The van der Waals surface area contributed by atoms with Gasteiger partial charge < -0.3 is 14.2 Å². The topological polar surface area (TPSA) is 172 Å². The number of hydrogen-bond donors (Lipinski definition) is 2. The standard InChI is InChI=1S/C32H34N6O7S3/c1-32(2,3)22-12-14-23(15-13-22)47(39,40)38-30-28(29-33-18-16-26(37-29)45-25-10-6-5-9-24(25)43-4)31(35-21-34-30)44-19-8-17-36-48(41,42)27-11-7-20-46-27/h5-7,9-16,18,20-21,36H,8,17,19H2,1-4H3,(H,34,35,38). The van der Waals surface area contributed by atoms with Crippen molar-refractivity contribution in [2.45, 2.75) is 41.7 Å². The van der Waals surface area contributed by atoms with Crippen LogP contribution >= 0.6 is 11.3 Å². The highest BCUT2D eigenvalue weighted by molar-refractivity contribution is 7.92. The van der Waals surface area contributed by atoms with Crippen molar-refractivity contribution in [2.24, 2.45) is 0 Å². The minimum Gasteiger partial charge on any atom is -0.493 e. The molecule has 13 nitrogen and oxygen atoms in total. The van der Waals surface area contributed by atoms with Crippen LogP contribution in [0.1, 0.15) is 32.8 Å². The number of nitrogens with one attached hydrogen (secondary N) is 2. The summed E-state index contributed by atoms with van der Waals surface area (Å²) in [6.45, 7) is 6.22. The third kappa shape index (κ3) is 8.44. The number of ether oxygens (including phenoxy) is 3. The highest BCUT2D eigenvalue weighted by Gasteiger charge is 2.25. The number of hydrogen-bond acceptors (Lipinski definition) is 12. The second kappa shape index (κ2) is 14.6. The number of methoxy groups -OCH3 is 1. The van der Waals surface area contributed by atoms with Gasteiger partial charge in [-0.05, 0) is 53.1 Å². The summed E-state index contributed by atoms with van der Waals surface area (Å²) in [5, 5.41) is 1.68. The van der Waals surface area contributed by atoms with Gasteiger partial charge in [-0.3, -0.25) is 4.72 Å². The molecule has 0 unspecified atom stereocenters. The maximum Gasteiger partial charge on any atom is 0.263 e. The van der Waals surface area contributed by atoms with E-state index in [1.165, 1.54) is 37.6 Å². The van der Waals surface area contributed by atoms with E-state index in [9.17, 15) is 16.8 Å². The monoisotopic (exact) mass is 710 g/mol. The van der Waals surface area contributed by atoms with E-state index in [-0.39, 0.29) is 63.1 Å². The summed E-state index contributed by atoms with van der Waals surface area (Å²) in [6.07, 6.45) is 2.85. The summed E-state index contributed by atoms with van der Waals surface area (Å²) in [7, 11) is -6.26. The molecule has 5 rings (SSSR count). The molecule has 0 spiro atoms. The van der Waals surface area contributed by atoms with Gasteiger partial charge in [0.15, 0.2) is 23.1 Å². The second-order valence-corrected chi connectivity index (χ2v) is 15.9. The van der Waals surface area contributed by atoms with Gasteiger partial charge in [-0.15, -0.1) is 11.3 Å². The lowest BCUT2D eigenvalue weighted by molar-refractivity contribution is 0.300. The Bertz CT molecular complexity index is 2070. The minimum atomic E-state index is -4.13. The lowest BCUT2D eigenvalue weighted by Crippen LogP contribution is -2.25. The summed E-state index contributed by atoms with van der Waals surface area (Å²) in [5.74, 6) is 0.862. The predicted octanol–water partition coefficient (Wildman–Crippen LogP) is 5.64. The van der Waals surface area contributed by atoms with Crippen LogP contribution in [0.4, 0.5) is 5.82 Å². The van der Waals surface area contributed by atoms with E-state index < -0.39 is 20.0 Å². The van der Waals surface area contributed by atoms with Crippen LogP contribution in [0.25, 0.3) is 11.4 Å². The van der Waals surface area contributed by atoms with Gasteiger partial charge in [-0.1, -0.05) is 51.1 Å². The molecule has 252 valence electrons. The average molecular weight is 711 g/mol. The van der Waals surface area contributed by atoms with Gasteiger partial charge in [-0.25, -0.2) is 36.5 Å². The number of thiophene rings is 1. The average Bonchev–Trinajstić information content (AvgIpc) is 3.61. The zero-order valence-corrected chi connectivity index (χ0v) is 29.0. The molecule has 0 amide bonds. The fraction of sp³-hybridized carbons (Fsp3) is 0.250. The lowest BCUT2D eigenvalue weighted by Gasteiger charge is -2.19. The highest BCUT2D eigenvalue weighted by Crippen LogP contribution is 2.35. The molecule has 48 heavy (non-hydrogen) atoms. The third-order valence-electron chi connectivity index (χ3n) is 6.82. The first kappa shape index (κ1) is 34.7. The molecule has 2 N–H and O–H groups in total. The van der Waals surface area contributed by atoms with Crippen molar-refractivity contribution in [3.05, 3.63) is 90.2 Å². The van der Waals surface area contributed by atoms with Crippen molar-refractivity contribution < 1.29 is 31.0 Å². The van der Waals surface area contributed by atoms with Crippen LogP contribution in [0.3, 0.4) is 0 Å². The van der Waals surface area contributed by atoms with Crippen LogP contribution in [0.2, 0.25) is 0 Å². The van der Waals surface area contributed by atoms with Crippen LogP contribution in [0.5, 0.6) is 23.3 Å². The van der Waals surface area contributed by atoms with Crippen LogP contribution in [-0.4, -0.2) is 57.0 Å². The molecular formula is C32H34N6O7S3. The van der Waals surface area contributed by atoms with Gasteiger partial charge in [0.25, 0.3) is 10.0 Å². The summed E-state index contributed by atoms with van der Waals surface area (Å²) in [4.78, 5) is 17.3. The van der Waals surface area contributed by atoms with E-state index in [0.717, 1.165) is 23.2 Å². The maximum atomic E-state index is 13.6. The van der Waals surface area contributed by atoms with Gasteiger partial charge in [0.05, 0.1) is 18.6 Å². The Balaban J connectivity index is 1.44. The highest BCUT2D eigenvalue weighted by atomic mass is 32.2. The number of anilines is 1. The van der Waals surface area contributed by atoms with E-state index in [1.54, 1.807) is 47.8 Å². The van der Waals surface area contributed by atoms with Gasteiger partial charge >= 0.3 is 0 Å². The van der Waals surface area contributed by atoms with Crippen molar-refractivity contribution in [2.75, 3.05) is 25.0 Å². The molecule has 0 saturated carbocycles. The molecular weight excluding hydrogens is 677 g/mol. The van der Waals surface area contributed by atoms with E-state index in [4.69, 9.17) is 14.2 Å². The van der Waals surface area contributed by atoms with Gasteiger partial charge in [-0.2, -0.15) is 4.98 Å². The Morgan fingerprint density at radius 3 is 2.29 bits per heavy atom. The Labute approximate surface area is 283 Å². The van der Waals surface area contributed by atoms with Crippen molar-refractivity contribution >= 4 is 37.2 Å². The molecule has 0 bridgehead atoms. The summed E-state index contributed by atoms with van der Waals surface area (Å²) >= 11 is 1.11. The Morgan fingerprint density at radius 1 is 0.854 bits per heavy atom. The first-order chi connectivity index (χ1) is 22.9. The summed E-state index contributed by atoms with van der Waals surface area (Å²) in [6, 6.07) is 18.3. The zero-order chi connectivity index (χ0) is 34.4. The van der Waals surface area contributed by atoms with Crippen LogP contribution in [0.15, 0.2) is 93.7 Å². The normalized spacial score (nSPS) is 12.0. The van der Waals surface area contributed by atoms with Crippen molar-refractivity contribution in [1.29, 1.82) is 0 Å². The molecule has 0 saturated heterocycles. The molecule has 2 aromatic carbocycles. The molecule has 0 radical (unpaired) electrons. The minimum absolute atomic E-state index is 0.0113. The van der Waals surface area contributed by atoms with E-state index in [0.29, 0.717) is 11.5 Å². The number of rotatable bonds is 14. The SMILES string of the molecule is COc1ccccc1Oc1ccnc(-c2c(NS(=O)(=O)c3ccc(C(C)(C)C)cc3)ncnc2OCCCNS(=O)(=O)c2cccs2)n1. The molecule has 3 heterocycles. The number of benzene rings is 2. The van der Waals surface area contributed by atoms with Crippen LogP contribution in [0, 0.1) is 0 Å². The number of nitrogens with zero attached hydrogens (tertiary/aromatic N) is 4. The Kier molecular flexibility index (Phi) is 10.6. The smallest absolute Gasteiger partial charge is 0.263 e. The van der Waals surface area contributed by atoms with E-state index in [2.05, 4.69) is 29.4 Å². The zero-order valence-electron chi connectivity index (χ0n) is 26.6.